The first-order valence-corrected chi connectivity index (χ1v) is 8.42. The maximum absolute atomic E-state index is 12.2. The fourth-order valence-corrected chi connectivity index (χ4v) is 2.89. The lowest BCUT2D eigenvalue weighted by atomic mass is 10.1. The Morgan fingerprint density at radius 3 is 2.12 bits per heavy atom. The predicted octanol–water partition coefficient (Wildman–Crippen LogP) is 2.43. The summed E-state index contributed by atoms with van der Waals surface area (Å²) in [6.07, 6.45) is 0. The Morgan fingerprint density at radius 2 is 1.48 bits per heavy atom. The molecule has 5 heteroatoms. The number of hydrogen-bond donors (Lipinski definition) is 0. The number of fused-ring (bicyclic) bond motifs is 1. The van der Waals surface area contributed by atoms with Crippen LogP contribution in [0.1, 0.15) is 26.3 Å². The van der Waals surface area contributed by atoms with Crippen molar-refractivity contribution in [2.45, 2.75) is 6.54 Å². The molecular formula is C20H22N2O3. The first-order valence-electron chi connectivity index (χ1n) is 8.42. The Bertz CT molecular complexity index is 711. The third-order valence-electron chi connectivity index (χ3n) is 4.25. The van der Waals surface area contributed by atoms with Crippen LogP contribution in [0, 0.1) is 0 Å². The van der Waals surface area contributed by atoms with Crippen molar-refractivity contribution in [2.75, 3.05) is 33.4 Å². The fraction of sp³-hybridized carbons (Fsp3) is 0.300. The van der Waals surface area contributed by atoms with E-state index in [1.54, 1.807) is 24.3 Å². The van der Waals surface area contributed by atoms with Gasteiger partial charge >= 0.3 is 0 Å². The monoisotopic (exact) mass is 338 g/mol. The standard InChI is InChI=1S/C20H22N2O3/c1-21(15-16-7-3-2-4-8-16)11-13-25-14-12-22-19(23)17-9-5-6-10-18(17)20(22)24/h2-10H,11-15H2,1H3. The highest BCUT2D eigenvalue weighted by atomic mass is 16.5. The molecule has 2 amide bonds. The summed E-state index contributed by atoms with van der Waals surface area (Å²) in [6, 6.07) is 17.2. The Morgan fingerprint density at radius 1 is 0.880 bits per heavy atom. The molecule has 130 valence electrons. The number of carbonyl (C=O) groups excluding carboxylic acids is 2. The van der Waals surface area contributed by atoms with E-state index in [1.807, 2.05) is 25.2 Å². The van der Waals surface area contributed by atoms with E-state index in [0.717, 1.165) is 13.1 Å². The van der Waals surface area contributed by atoms with E-state index in [0.29, 0.717) is 24.3 Å². The summed E-state index contributed by atoms with van der Waals surface area (Å²) in [6.45, 7) is 2.85. The number of ether oxygens (including phenoxy) is 1. The molecule has 1 aliphatic rings. The topological polar surface area (TPSA) is 49.9 Å². The van der Waals surface area contributed by atoms with Crippen LogP contribution in [0.3, 0.4) is 0 Å². The van der Waals surface area contributed by atoms with Crippen molar-refractivity contribution in [1.82, 2.24) is 9.80 Å². The largest absolute Gasteiger partial charge is 0.378 e. The summed E-state index contributed by atoms with van der Waals surface area (Å²) >= 11 is 0. The Hall–Kier alpha value is -2.50. The molecule has 3 rings (SSSR count). The summed E-state index contributed by atoms with van der Waals surface area (Å²) in [7, 11) is 2.04. The van der Waals surface area contributed by atoms with Crippen LogP contribution in [0.15, 0.2) is 54.6 Å². The number of likely N-dealkylation sites (N-methyl/N-ethyl adjacent to an activating group) is 1. The third kappa shape index (κ3) is 4.13. The number of rotatable bonds is 8. The van der Waals surface area contributed by atoms with E-state index in [9.17, 15) is 9.59 Å². The zero-order valence-corrected chi connectivity index (χ0v) is 14.4. The third-order valence-corrected chi connectivity index (χ3v) is 4.25. The molecular weight excluding hydrogens is 316 g/mol. The van der Waals surface area contributed by atoms with Gasteiger partial charge in [0.25, 0.3) is 11.8 Å². The molecule has 25 heavy (non-hydrogen) atoms. The first-order chi connectivity index (χ1) is 12.2. The van der Waals surface area contributed by atoms with Crippen LogP contribution >= 0.6 is 0 Å². The second-order valence-electron chi connectivity index (χ2n) is 6.14. The van der Waals surface area contributed by atoms with Crippen molar-refractivity contribution in [3.05, 3.63) is 71.3 Å². The second-order valence-corrected chi connectivity index (χ2v) is 6.14. The van der Waals surface area contributed by atoms with E-state index in [1.165, 1.54) is 10.5 Å². The van der Waals surface area contributed by atoms with Gasteiger partial charge in [0.05, 0.1) is 30.9 Å². The fourth-order valence-electron chi connectivity index (χ4n) is 2.89. The van der Waals surface area contributed by atoms with Crippen molar-refractivity contribution in [3.63, 3.8) is 0 Å². The minimum atomic E-state index is -0.231. The quantitative estimate of drug-likeness (QED) is 0.548. The summed E-state index contributed by atoms with van der Waals surface area (Å²) in [5.74, 6) is -0.462. The highest BCUT2D eigenvalue weighted by Crippen LogP contribution is 2.21. The molecule has 1 aliphatic heterocycles. The van der Waals surface area contributed by atoms with Crippen molar-refractivity contribution >= 4 is 11.8 Å². The molecule has 0 bridgehead atoms. The van der Waals surface area contributed by atoms with E-state index in [2.05, 4.69) is 17.0 Å². The van der Waals surface area contributed by atoms with Crippen molar-refractivity contribution in [2.24, 2.45) is 0 Å². The van der Waals surface area contributed by atoms with E-state index < -0.39 is 0 Å². The van der Waals surface area contributed by atoms with Gasteiger partial charge in [-0.3, -0.25) is 19.4 Å². The van der Waals surface area contributed by atoms with Crippen LogP contribution < -0.4 is 0 Å². The average Bonchev–Trinajstić information content (AvgIpc) is 2.87. The molecule has 0 saturated carbocycles. The van der Waals surface area contributed by atoms with Gasteiger partial charge in [-0.15, -0.1) is 0 Å². The smallest absolute Gasteiger partial charge is 0.261 e. The van der Waals surface area contributed by atoms with Gasteiger partial charge in [-0.2, -0.15) is 0 Å². The van der Waals surface area contributed by atoms with Crippen molar-refractivity contribution in [3.8, 4) is 0 Å². The number of amides is 2. The molecule has 0 aliphatic carbocycles. The van der Waals surface area contributed by atoms with Gasteiger partial charge in [0.1, 0.15) is 0 Å². The number of imide groups is 1. The van der Waals surface area contributed by atoms with Gasteiger partial charge in [-0.05, 0) is 24.7 Å². The van der Waals surface area contributed by atoms with Crippen LogP contribution in [0.2, 0.25) is 0 Å². The number of nitrogens with zero attached hydrogens (tertiary/aromatic N) is 2. The molecule has 1 heterocycles. The lowest BCUT2D eigenvalue weighted by Gasteiger charge is -2.18. The highest BCUT2D eigenvalue weighted by molar-refractivity contribution is 6.21. The number of carbonyl (C=O) groups is 2. The van der Waals surface area contributed by atoms with Crippen LogP contribution in [0.4, 0.5) is 0 Å². The first kappa shape index (κ1) is 17.3. The van der Waals surface area contributed by atoms with E-state index >= 15 is 0 Å². The molecule has 0 radical (unpaired) electrons. The number of hydrogen-bond acceptors (Lipinski definition) is 4. The van der Waals surface area contributed by atoms with Gasteiger partial charge in [-0.25, -0.2) is 0 Å². The lowest BCUT2D eigenvalue weighted by Crippen LogP contribution is -2.33. The maximum atomic E-state index is 12.2. The molecule has 0 unspecified atom stereocenters. The Balaban J connectivity index is 1.38. The van der Waals surface area contributed by atoms with Gasteiger partial charge in [0, 0.05) is 13.1 Å². The van der Waals surface area contributed by atoms with Gasteiger partial charge in [0.2, 0.25) is 0 Å². The van der Waals surface area contributed by atoms with Crippen LogP contribution in [-0.2, 0) is 11.3 Å². The molecule has 0 spiro atoms. The normalized spacial score (nSPS) is 13.6. The number of benzene rings is 2. The molecule has 0 saturated heterocycles. The second kappa shape index (κ2) is 8.05. The van der Waals surface area contributed by atoms with Crippen LogP contribution in [0.5, 0.6) is 0 Å². The highest BCUT2D eigenvalue weighted by Gasteiger charge is 2.34. The van der Waals surface area contributed by atoms with E-state index in [-0.39, 0.29) is 18.4 Å². The van der Waals surface area contributed by atoms with E-state index in [4.69, 9.17) is 4.74 Å². The Kier molecular flexibility index (Phi) is 5.58. The summed E-state index contributed by atoms with van der Waals surface area (Å²) in [4.78, 5) is 27.9. The van der Waals surface area contributed by atoms with Crippen LogP contribution in [-0.4, -0.2) is 55.0 Å². The molecule has 0 atom stereocenters. The average molecular weight is 338 g/mol. The van der Waals surface area contributed by atoms with Gasteiger partial charge in [0.15, 0.2) is 0 Å². The molecule has 2 aromatic rings. The molecule has 5 nitrogen and oxygen atoms in total. The Labute approximate surface area is 147 Å². The summed E-state index contributed by atoms with van der Waals surface area (Å²) < 4.78 is 5.61. The molecule has 2 aromatic carbocycles. The summed E-state index contributed by atoms with van der Waals surface area (Å²) in [5.41, 5.74) is 2.22. The zero-order chi connectivity index (χ0) is 17.6. The maximum Gasteiger partial charge on any atom is 0.261 e. The molecule has 0 N–H and O–H groups in total. The lowest BCUT2D eigenvalue weighted by molar-refractivity contribution is 0.0541. The van der Waals surface area contributed by atoms with Crippen molar-refractivity contribution in [1.29, 1.82) is 0 Å². The molecule has 0 aromatic heterocycles. The zero-order valence-electron chi connectivity index (χ0n) is 14.4. The van der Waals surface area contributed by atoms with Gasteiger partial charge < -0.3 is 4.74 Å². The summed E-state index contributed by atoms with van der Waals surface area (Å²) in [5, 5.41) is 0. The SMILES string of the molecule is CN(CCOCCN1C(=O)c2ccccc2C1=O)Cc1ccccc1. The van der Waals surface area contributed by atoms with Gasteiger partial charge in [-0.1, -0.05) is 42.5 Å². The van der Waals surface area contributed by atoms with Crippen LogP contribution in [0.25, 0.3) is 0 Å². The molecule has 0 fully saturated rings. The van der Waals surface area contributed by atoms with Crippen molar-refractivity contribution < 1.29 is 14.3 Å². The predicted molar refractivity (Wildman–Crippen MR) is 95.4 cm³/mol. The minimum absolute atomic E-state index is 0.231. The minimum Gasteiger partial charge on any atom is -0.378 e.